The molecule has 2 nitrogen and oxygen atoms in total. The third kappa shape index (κ3) is 3.93. The molecule has 0 radical (unpaired) electrons. The molecule has 0 spiro atoms. The van der Waals surface area contributed by atoms with Crippen LogP contribution in [0, 0.1) is 6.92 Å². The number of hydrogen-bond acceptors (Lipinski definition) is 2. The van der Waals surface area contributed by atoms with Gasteiger partial charge in [0, 0.05) is 12.8 Å². The predicted octanol–water partition coefficient (Wildman–Crippen LogP) is 5.15. The van der Waals surface area contributed by atoms with E-state index in [2.05, 4.69) is 0 Å². The molecule has 0 unspecified atom stereocenters. The average Bonchev–Trinajstić information content (AvgIpc) is 2.36. The number of rotatable bonds is 2. The number of ether oxygens (including phenoxy) is 1. The van der Waals surface area contributed by atoms with Gasteiger partial charge in [0.05, 0.1) is 5.56 Å². The number of halogens is 2. The van der Waals surface area contributed by atoms with E-state index >= 15 is 0 Å². The van der Waals surface area contributed by atoms with Crippen molar-refractivity contribution in [3.63, 3.8) is 0 Å². The van der Waals surface area contributed by atoms with Crippen LogP contribution in [0.2, 0.25) is 0 Å². The summed E-state index contributed by atoms with van der Waals surface area (Å²) in [6, 6.07) is 5.48. The fraction of sp³-hybridized carbons (Fsp3) is 0.500. The summed E-state index contributed by atoms with van der Waals surface area (Å²) in [4.78, 5) is 12.5. The van der Waals surface area contributed by atoms with Gasteiger partial charge in [-0.25, -0.2) is 13.6 Å². The molecule has 0 aromatic heterocycles. The van der Waals surface area contributed by atoms with Gasteiger partial charge in [-0.1, -0.05) is 24.3 Å². The zero-order chi connectivity index (χ0) is 16.5. The van der Waals surface area contributed by atoms with Crippen LogP contribution in [0.3, 0.4) is 0 Å². The molecule has 0 N–H and O–H groups in total. The van der Waals surface area contributed by atoms with Crippen LogP contribution < -0.4 is 0 Å². The Balaban J connectivity index is 2.40. The van der Waals surface area contributed by atoms with Crippen LogP contribution in [0.1, 0.15) is 61.5 Å². The molecule has 0 atom stereocenters. The van der Waals surface area contributed by atoms with Crippen LogP contribution in [0.5, 0.6) is 0 Å². The van der Waals surface area contributed by atoms with E-state index in [1.807, 2.05) is 45.9 Å². The van der Waals surface area contributed by atoms with E-state index < -0.39 is 17.5 Å². The largest absolute Gasteiger partial charge is 0.456 e. The van der Waals surface area contributed by atoms with Crippen LogP contribution in [0.4, 0.5) is 8.78 Å². The van der Waals surface area contributed by atoms with Crippen molar-refractivity contribution in [2.75, 3.05) is 0 Å². The SMILES string of the molecule is Cc1cccc(C2=CCC(F)(F)CC2)c1C(=O)OC(C)(C)C. The summed E-state index contributed by atoms with van der Waals surface area (Å²) < 4.78 is 32.1. The Morgan fingerprint density at radius 3 is 2.50 bits per heavy atom. The summed E-state index contributed by atoms with van der Waals surface area (Å²) in [7, 11) is 0. The minimum atomic E-state index is -2.64. The maximum Gasteiger partial charge on any atom is 0.339 e. The number of esters is 1. The molecular weight excluding hydrogens is 286 g/mol. The molecule has 22 heavy (non-hydrogen) atoms. The fourth-order valence-electron chi connectivity index (χ4n) is 2.57. The van der Waals surface area contributed by atoms with Crippen LogP contribution >= 0.6 is 0 Å². The summed E-state index contributed by atoms with van der Waals surface area (Å²) in [5.41, 5.74) is 2.20. The van der Waals surface area contributed by atoms with E-state index in [0.717, 1.165) is 11.1 Å². The van der Waals surface area contributed by atoms with Gasteiger partial charge < -0.3 is 4.74 Å². The lowest BCUT2D eigenvalue weighted by atomic mass is 9.87. The predicted molar refractivity (Wildman–Crippen MR) is 83.1 cm³/mol. The lowest BCUT2D eigenvalue weighted by Crippen LogP contribution is -2.25. The first-order valence-electron chi connectivity index (χ1n) is 7.49. The zero-order valence-corrected chi connectivity index (χ0v) is 13.5. The van der Waals surface area contributed by atoms with Crippen molar-refractivity contribution < 1.29 is 18.3 Å². The van der Waals surface area contributed by atoms with Gasteiger partial charge in [-0.05, 0) is 50.8 Å². The molecule has 2 rings (SSSR count). The molecule has 4 heteroatoms. The minimum Gasteiger partial charge on any atom is -0.456 e. The summed E-state index contributed by atoms with van der Waals surface area (Å²) in [6.45, 7) is 7.26. The van der Waals surface area contributed by atoms with Gasteiger partial charge in [0.2, 0.25) is 0 Å². The third-order valence-corrected chi connectivity index (χ3v) is 3.63. The van der Waals surface area contributed by atoms with Gasteiger partial charge in [-0.2, -0.15) is 0 Å². The first-order valence-corrected chi connectivity index (χ1v) is 7.49. The lowest BCUT2D eigenvalue weighted by Gasteiger charge is -2.25. The van der Waals surface area contributed by atoms with Crippen molar-refractivity contribution >= 4 is 11.5 Å². The van der Waals surface area contributed by atoms with Crippen LogP contribution in [0.25, 0.3) is 5.57 Å². The summed E-state index contributed by atoms with van der Waals surface area (Å²) in [5, 5.41) is 0. The molecular formula is C18H22F2O2. The molecule has 0 amide bonds. The van der Waals surface area contributed by atoms with Crippen molar-refractivity contribution in [2.45, 2.75) is 58.5 Å². The smallest absolute Gasteiger partial charge is 0.339 e. The Morgan fingerprint density at radius 2 is 1.95 bits per heavy atom. The van der Waals surface area contributed by atoms with Gasteiger partial charge in [0.25, 0.3) is 5.92 Å². The number of carbonyl (C=O) groups excluding carboxylic acids is 1. The first-order chi connectivity index (χ1) is 10.1. The Morgan fingerprint density at radius 1 is 1.27 bits per heavy atom. The highest BCUT2D eigenvalue weighted by Gasteiger charge is 2.32. The van der Waals surface area contributed by atoms with Crippen LogP contribution in [-0.2, 0) is 4.74 Å². The number of allylic oxidation sites excluding steroid dienone is 2. The Labute approximate surface area is 130 Å². The van der Waals surface area contributed by atoms with E-state index in [1.54, 1.807) is 6.08 Å². The highest BCUT2D eigenvalue weighted by molar-refractivity contribution is 5.97. The summed E-state index contributed by atoms with van der Waals surface area (Å²) in [6.07, 6.45) is 1.36. The van der Waals surface area contributed by atoms with Crippen LogP contribution in [-0.4, -0.2) is 17.5 Å². The normalized spacial score (nSPS) is 17.8. The highest BCUT2D eigenvalue weighted by atomic mass is 19.3. The van der Waals surface area contributed by atoms with Gasteiger partial charge >= 0.3 is 5.97 Å². The standard InChI is InChI=1S/C18H22F2O2/c1-12-6-5-7-14(13-8-10-18(19,20)11-9-13)15(12)16(21)22-17(2,3)4/h5-8H,9-11H2,1-4H3. The molecule has 1 aromatic rings. The van der Waals surface area contributed by atoms with Gasteiger partial charge in [0.15, 0.2) is 0 Å². The molecule has 1 aliphatic carbocycles. The Hall–Kier alpha value is -1.71. The summed E-state index contributed by atoms with van der Waals surface area (Å²) in [5.74, 6) is -3.04. The number of benzene rings is 1. The molecule has 0 saturated carbocycles. The van der Waals surface area contributed by atoms with Crippen molar-refractivity contribution in [1.82, 2.24) is 0 Å². The van der Waals surface area contributed by atoms with E-state index in [1.165, 1.54) is 0 Å². The second kappa shape index (κ2) is 5.82. The van der Waals surface area contributed by atoms with Crippen molar-refractivity contribution in [3.8, 4) is 0 Å². The van der Waals surface area contributed by atoms with E-state index in [-0.39, 0.29) is 19.3 Å². The monoisotopic (exact) mass is 308 g/mol. The molecule has 0 heterocycles. The number of alkyl halides is 2. The second-order valence-electron chi connectivity index (χ2n) is 6.79. The highest BCUT2D eigenvalue weighted by Crippen LogP contribution is 2.38. The minimum absolute atomic E-state index is 0.180. The quantitative estimate of drug-likeness (QED) is 0.706. The Kier molecular flexibility index (Phi) is 4.41. The maximum atomic E-state index is 13.3. The number of carbonyl (C=O) groups is 1. The lowest BCUT2D eigenvalue weighted by molar-refractivity contribution is -0.00603. The van der Waals surface area contributed by atoms with Gasteiger partial charge in [-0.3, -0.25) is 0 Å². The van der Waals surface area contributed by atoms with Gasteiger partial charge in [-0.15, -0.1) is 0 Å². The van der Waals surface area contributed by atoms with Gasteiger partial charge in [0.1, 0.15) is 5.60 Å². The third-order valence-electron chi connectivity index (χ3n) is 3.63. The van der Waals surface area contributed by atoms with Crippen molar-refractivity contribution in [1.29, 1.82) is 0 Å². The first kappa shape index (κ1) is 16.7. The van der Waals surface area contributed by atoms with E-state index in [9.17, 15) is 13.6 Å². The number of aryl methyl sites for hydroxylation is 1. The van der Waals surface area contributed by atoms with E-state index in [0.29, 0.717) is 11.1 Å². The molecule has 0 saturated heterocycles. The zero-order valence-electron chi connectivity index (χ0n) is 13.5. The second-order valence-corrected chi connectivity index (χ2v) is 6.79. The van der Waals surface area contributed by atoms with Crippen LogP contribution in [0.15, 0.2) is 24.3 Å². The molecule has 1 aliphatic rings. The molecule has 0 aliphatic heterocycles. The average molecular weight is 308 g/mol. The number of hydrogen-bond donors (Lipinski definition) is 0. The molecule has 120 valence electrons. The maximum absolute atomic E-state index is 13.3. The van der Waals surface area contributed by atoms with Crippen molar-refractivity contribution in [2.24, 2.45) is 0 Å². The van der Waals surface area contributed by atoms with E-state index in [4.69, 9.17) is 4.74 Å². The summed E-state index contributed by atoms with van der Waals surface area (Å²) >= 11 is 0. The molecule has 1 aromatic carbocycles. The molecule has 0 bridgehead atoms. The van der Waals surface area contributed by atoms with Crippen molar-refractivity contribution in [3.05, 3.63) is 41.0 Å². The Bertz CT molecular complexity index is 610. The topological polar surface area (TPSA) is 26.3 Å². The fourth-order valence-corrected chi connectivity index (χ4v) is 2.57. The molecule has 0 fully saturated rings.